The molecule has 404 valence electrons. The number of aliphatic hydroxyl groups excluding tert-OH is 2. The van der Waals surface area contributed by atoms with Crippen molar-refractivity contribution in [2.24, 2.45) is 0 Å². The van der Waals surface area contributed by atoms with Crippen LogP contribution in [0.15, 0.2) is 24.3 Å². The fraction of sp³-hybridized carbons (Fsp3) is 0.922. The fourth-order valence-electron chi connectivity index (χ4n) is 10.2. The van der Waals surface area contributed by atoms with Crippen molar-refractivity contribution in [3.63, 3.8) is 0 Å². The third-order valence-electron chi connectivity index (χ3n) is 15.0. The zero-order valence-corrected chi connectivity index (χ0v) is 46.7. The topological polar surface area (TPSA) is 69.6 Å². The van der Waals surface area contributed by atoms with E-state index in [4.69, 9.17) is 0 Å². The Kier molecular flexibility index (Phi) is 59.2. The SMILES string of the molecule is CCCCCCCCCCCCC/C=C\C/C=C\CCCCCCCCCCCCCCCCCCCC(=O)NC(CO)C(O)CCCCCCCCCCCCCCCCCCCCCCC. The molecule has 0 aliphatic rings. The molecule has 0 fully saturated rings. The van der Waals surface area contributed by atoms with E-state index in [1.807, 2.05) is 0 Å². The van der Waals surface area contributed by atoms with Crippen LogP contribution in [0.4, 0.5) is 0 Å². The van der Waals surface area contributed by atoms with E-state index in [0.29, 0.717) is 12.8 Å². The number of amides is 1. The van der Waals surface area contributed by atoms with E-state index in [1.165, 1.54) is 302 Å². The van der Waals surface area contributed by atoms with Gasteiger partial charge in [0.25, 0.3) is 0 Å². The molecule has 0 rings (SSSR count). The van der Waals surface area contributed by atoms with Gasteiger partial charge in [-0.2, -0.15) is 0 Å². The van der Waals surface area contributed by atoms with Crippen LogP contribution >= 0.6 is 0 Å². The van der Waals surface area contributed by atoms with Gasteiger partial charge in [0.05, 0.1) is 18.8 Å². The Morgan fingerprint density at radius 3 is 0.882 bits per heavy atom. The number of hydrogen-bond acceptors (Lipinski definition) is 3. The number of rotatable bonds is 59. The molecular weight excluding hydrogens is 831 g/mol. The van der Waals surface area contributed by atoms with Gasteiger partial charge in [0.1, 0.15) is 0 Å². The Hall–Kier alpha value is -1.13. The molecule has 0 aliphatic heterocycles. The molecule has 0 aliphatic carbocycles. The largest absolute Gasteiger partial charge is 0.394 e. The second-order valence-corrected chi connectivity index (χ2v) is 21.8. The minimum Gasteiger partial charge on any atom is -0.394 e. The van der Waals surface area contributed by atoms with Crippen LogP contribution in [-0.4, -0.2) is 34.9 Å². The summed E-state index contributed by atoms with van der Waals surface area (Å²) >= 11 is 0. The van der Waals surface area contributed by atoms with Gasteiger partial charge in [-0.05, 0) is 44.9 Å². The lowest BCUT2D eigenvalue weighted by Gasteiger charge is -2.22. The number of carbonyl (C=O) groups excluding carboxylic acids is 1. The predicted molar refractivity (Wildman–Crippen MR) is 304 cm³/mol. The summed E-state index contributed by atoms with van der Waals surface area (Å²) in [5.74, 6) is -0.0243. The normalized spacial score (nSPS) is 12.8. The van der Waals surface area contributed by atoms with Gasteiger partial charge in [-0.1, -0.05) is 334 Å². The van der Waals surface area contributed by atoms with Crippen LogP contribution < -0.4 is 5.32 Å². The standard InChI is InChI=1S/C64H125NO3/c1-3-5-7-9-11-13-15-17-19-21-23-25-26-27-28-29-30-31-32-33-34-35-36-37-38-40-42-44-46-48-50-52-54-56-58-60-64(68)65-62(61-66)63(67)59-57-55-53-51-49-47-45-43-41-39-24-22-20-18-16-14-12-10-8-6-4-2/h26-27,29-30,62-63,66-67H,3-25,28,31-61H2,1-2H3,(H,65,68)/b27-26-,30-29-. The molecule has 1 amide bonds. The van der Waals surface area contributed by atoms with Crippen molar-refractivity contribution in [3.8, 4) is 0 Å². The molecule has 4 nitrogen and oxygen atoms in total. The third kappa shape index (κ3) is 55.8. The Morgan fingerprint density at radius 1 is 0.353 bits per heavy atom. The van der Waals surface area contributed by atoms with Gasteiger partial charge < -0.3 is 15.5 Å². The van der Waals surface area contributed by atoms with Gasteiger partial charge in [0.2, 0.25) is 5.91 Å². The van der Waals surface area contributed by atoms with E-state index in [1.54, 1.807) is 0 Å². The van der Waals surface area contributed by atoms with Crippen LogP contribution in [0.25, 0.3) is 0 Å². The zero-order chi connectivity index (χ0) is 49.2. The van der Waals surface area contributed by atoms with Crippen LogP contribution in [-0.2, 0) is 4.79 Å². The smallest absolute Gasteiger partial charge is 0.220 e. The number of unbranched alkanes of at least 4 members (excludes halogenated alkanes) is 48. The Labute approximate surface area is 428 Å². The molecule has 3 N–H and O–H groups in total. The predicted octanol–water partition coefficient (Wildman–Crippen LogP) is 21.0. The van der Waals surface area contributed by atoms with E-state index >= 15 is 0 Å². The first kappa shape index (κ1) is 66.9. The highest BCUT2D eigenvalue weighted by molar-refractivity contribution is 5.76. The second kappa shape index (κ2) is 60.2. The maximum Gasteiger partial charge on any atom is 0.220 e. The molecule has 0 bridgehead atoms. The van der Waals surface area contributed by atoms with Crippen LogP contribution in [0.3, 0.4) is 0 Å². The molecule has 0 heterocycles. The minimum atomic E-state index is -0.658. The molecule has 0 aromatic carbocycles. The summed E-state index contributed by atoms with van der Waals surface area (Å²) in [6.07, 6.45) is 80.6. The lowest BCUT2D eigenvalue weighted by molar-refractivity contribution is -0.123. The molecular formula is C64H125NO3. The van der Waals surface area contributed by atoms with E-state index < -0.39 is 12.1 Å². The van der Waals surface area contributed by atoms with E-state index in [2.05, 4.69) is 43.5 Å². The average Bonchev–Trinajstić information content (AvgIpc) is 3.34. The highest BCUT2D eigenvalue weighted by Crippen LogP contribution is 2.18. The van der Waals surface area contributed by atoms with Gasteiger partial charge in [0.15, 0.2) is 0 Å². The fourth-order valence-corrected chi connectivity index (χ4v) is 10.2. The maximum absolute atomic E-state index is 12.5. The lowest BCUT2D eigenvalue weighted by Crippen LogP contribution is -2.45. The van der Waals surface area contributed by atoms with Gasteiger partial charge in [-0.15, -0.1) is 0 Å². The van der Waals surface area contributed by atoms with Crippen LogP contribution in [0.2, 0.25) is 0 Å². The minimum absolute atomic E-state index is 0.0243. The van der Waals surface area contributed by atoms with E-state index in [9.17, 15) is 15.0 Å². The summed E-state index contributed by atoms with van der Waals surface area (Å²) in [7, 11) is 0. The zero-order valence-electron chi connectivity index (χ0n) is 46.7. The van der Waals surface area contributed by atoms with Crippen molar-refractivity contribution < 1.29 is 15.0 Å². The Bertz CT molecular complexity index is 994. The molecule has 0 aromatic heterocycles. The van der Waals surface area contributed by atoms with Gasteiger partial charge >= 0.3 is 0 Å². The van der Waals surface area contributed by atoms with Crippen molar-refractivity contribution in [1.29, 1.82) is 0 Å². The summed E-state index contributed by atoms with van der Waals surface area (Å²) < 4.78 is 0. The molecule has 0 saturated carbocycles. The van der Waals surface area contributed by atoms with E-state index in [0.717, 1.165) is 32.1 Å². The van der Waals surface area contributed by atoms with Gasteiger partial charge in [-0.25, -0.2) is 0 Å². The van der Waals surface area contributed by atoms with Crippen LogP contribution in [0.5, 0.6) is 0 Å². The molecule has 0 aromatic rings. The monoisotopic (exact) mass is 956 g/mol. The molecule has 0 radical (unpaired) electrons. The second-order valence-electron chi connectivity index (χ2n) is 21.8. The average molecular weight is 957 g/mol. The Morgan fingerprint density at radius 2 is 0.603 bits per heavy atom. The first-order chi connectivity index (χ1) is 33.7. The number of allylic oxidation sites excluding steroid dienone is 4. The highest BCUT2D eigenvalue weighted by atomic mass is 16.3. The summed E-state index contributed by atoms with van der Waals surface area (Å²) in [5, 5.41) is 23.4. The molecule has 0 spiro atoms. The number of carbonyl (C=O) groups is 1. The number of aliphatic hydroxyl groups is 2. The van der Waals surface area contributed by atoms with Crippen LogP contribution in [0.1, 0.15) is 361 Å². The van der Waals surface area contributed by atoms with Crippen molar-refractivity contribution in [1.82, 2.24) is 5.32 Å². The molecule has 4 heteroatoms. The molecule has 2 atom stereocenters. The van der Waals surface area contributed by atoms with Crippen molar-refractivity contribution in [2.75, 3.05) is 6.61 Å². The highest BCUT2D eigenvalue weighted by Gasteiger charge is 2.20. The van der Waals surface area contributed by atoms with Crippen molar-refractivity contribution in [3.05, 3.63) is 24.3 Å². The molecule has 2 unspecified atom stereocenters. The number of hydrogen-bond donors (Lipinski definition) is 3. The summed E-state index contributed by atoms with van der Waals surface area (Å²) in [5.41, 5.74) is 0. The summed E-state index contributed by atoms with van der Waals surface area (Å²) in [6, 6.07) is -0.535. The van der Waals surface area contributed by atoms with Crippen molar-refractivity contribution >= 4 is 5.91 Å². The maximum atomic E-state index is 12.5. The van der Waals surface area contributed by atoms with Crippen LogP contribution in [0, 0.1) is 0 Å². The van der Waals surface area contributed by atoms with E-state index in [-0.39, 0.29) is 12.5 Å². The lowest BCUT2D eigenvalue weighted by atomic mass is 10.0. The Balaban J connectivity index is 3.40. The molecule has 68 heavy (non-hydrogen) atoms. The third-order valence-corrected chi connectivity index (χ3v) is 15.0. The van der Waals surface area contributed by atoms with Crippen molar-refractivity contribution in [2.45, 2.75) is 373 Å². The quantitative estimate of drug-likeness (QED) is 0.0420. The number of nitrogens with one attached hydrogen (secondary N) is 1. The summed E-state index contributed by atoms with van der Waals surface area (Å²) in [4.78, 5) is 12.5. The van der Waals surface area contributed by atoms with Gasteiger partial charge in [-0.3, -0.25) is 4.79 Å². The first-order valence-electron chi connectivity index (χ1n) is 31.5. The van der Waals surface area contributed by atoms with Gasteiger partial charge in [0, 0.05) is 6.42 Å². The molecule has 0 saturated heterocycles. The first-order valence-corrected chi connectivity index (χ1v) is 31.5. The summed E-state index contributed by atoms with van der Waals surface area (Å²) in [6.45, 7) is 4.40.